The van der Waals surface area contributed by atoms with Crippen molar-refractivity contribution in [3.8, 4) is 0 Å². The third kappa shape index (κ3) is 4.78. The molecule has 3 nitrogen and oxygen atoms in total. The van der Waals surface area contributed by atoms with Crippen molar-refractivity contribution >= 4 is 21.9 Å². The van der Waals surface area contributed by atoms with Gasteiger partial charge in [0.05, 0.1) is 6.42 Å². The SMILES string of the molecule is Cc1ccc(CN(CCC(=O)O)C(C)C)c(Br)c1. The minimum atomic E-state index is -0.747. The second-order valence-corrected chi connectivity index (χ2v) is 5.66. The Kier molecular flexibility index (Phi) is 5.82. The Bertz CT molecular complexity index is 418. The fourth-order valence-electron chi connectivity index (χ4n) is 1.76. The Morgan fingerprint density at radius 1 is 1.44 bits per heavy atom. The number of rotatable bonds is 6. The topological polar surface area (TPSA) is 40.5 Å². The van der Waals surface area contributed by atoms with Crippen LogP contribution < -0.4 is 0 Å². The Labute approximate surface area is 117 Å². The molecule has 0 saturated carbocycles. The van der Waals surface area contributed by atoms with Gasteiger partial charge in [-0.15, -0.1) is 0 Å². The second-order valence-electron chi connectivity index (χ2n) is 4.80. The predicted molar refractivity (Wildman–Crippen MR) is 76.7 cm³/mol. The average molecular weight is 314 g/mol. The van der Waals surface area contributed by atoms with Gasteiger partial charge in [0.25, 0.3) is 0 Å². The molecule has 0 spiro atoms. The van der Waals surface area contributed by atoms with Gasteiger partial charge in [0.2, 0.25) is 0 Å². The number of benzene rings is 1. The van der Waals surface area contributed by atoms with Crippen LogP contribution in [0.3, 0.4) is 0 Å². The third-order valence-corrected chi connectivity index (χ3v) is 3.66. The molecule has 18 heavy (non-hydrogen) atoms. The maximum absolute atomic E-state index is 10.7. The molecule has 1 aromatic rings. The molecule has 0 aliphatic heterocycles. The standard InChI is InChI=1S/C14H20BrNO2/c1-10(2)16(7-6-14(17)18)9-12-5-4-11(3)8-13(12)15/h4-5,8,10H,6-7,9H2,1-3H3,(H,17,18). The Hall–Kier alpha value is -0.870. The molecule has 0 fully saturated rings. The molecule has 4 heteroatoms. The molecule has 0 heterocycles. The number of aliphatic carboxylic acids is 1. The molecule has 0 bridgehead atoms. The number of aryl methyl sites for hydroxylation is 1. The molecular formula is C14H20BrNO2. The minimum absolute atomic E-state index is 0.182. The summed E-state index contributed by atoms with van der Waals surface area (Å²) < 4.78 is 1.09. The van der Waals surface area contributed by atoms with Gasteiger partial charge in [0, 0.05) is 23.6 Å². The summed E-state index contributed by atoms with van der Waals surface area (Å²) in [7, 11) is 0. The van der Waals surface area contributed by atoms with E-state index in [2.05, 4.69) is 59.8 Å². The van der Waals surface area contributed by atoms with Gasteiger partial charge >= 0.3 is 5.97 Å². The first-order valence-corrected chi connectivity index (χ1v) is 6.90. The molecule has 1 aromatic carbocycles. The van der Waals surface area contributed by atoms with Crippen LogP contribution in [0.4, 0.5) is 0 Å². The number of nitrogens with zero attached hydrogens (tertiary/aromatic N) is 1. The van der Waals surface area contributed by atoms with Crippen LogP contribution in [0.2, 0.25) is 0 Å². The summed E-state index contributed by atoms with van der Waals surface area (Å²) in [5.41, 5.74) is 2.41. The molecule has 1 N–H and O–H groups in total. The lowest BCUT2D eigenvalue weighted by Crippen LogP contribution is -2.32. The first-order valence-electron chi connectivity index (χ1n) is 6.11. The van der Waals surface area contributed by atoms with Crippen molar-refractivity contribution in [1.29, 1.82) is 0 Å². The molecule has 0 aromatic heterocycles. The van der Waals surface area contributed by atoms with Gasteiger partial charge in [-0.25, -0.2) is 0 Å². The Morgan fingerprint density at radius 3 is 2.61 bits per heavy atom. The number of hydrogen-bond donors (Lipinski definition) is 1. The van der Waals surface area contributed by atoms with Gasteiger partial charge in [-0.2, -0.15) is 0 Å². The molecule has 0 aliphatic rings. The Balaban J connectivity index is 2.73. The van der Waals surface area contributed by atoms with E-state index in [0.717, 1.165) is 11.0 Å². The van der Waals surface area contributed by atoms with Gasteiger partial charge in [0.1, 0.15) is 0 Å². The molecule has 0 radical (unpaired) electrons. The predicted octanol–water partition coefficient (Wildman–Crippen LogP) is 3.44. The summed E-state index contributed by atoms with van der Waals surface area (Å²) in [4.78, 5) is 12.8. The van der Waals surface area contributed by atoms with E-state index >= 15 is 0 Å². The fraction of sp³-hybridized carbons (Fsp3) is 0.500. The van der Waals surface area contributed by atoms with E-state index in [4.69, 9.17) is 5.11 Å². The highest BCUT2D eigenvalue weighted by Gasteiger charge is 2.13. The summed E-state index contributed by atoms with van der Waals surface area (Å²) in [5, 5.41) is 8.77. The molecule has 100 valence electrons. The van der Waals surface area contributed by atoms with E-state index in [9.17, 15) is 4.79 Å². The van der Waals surface area contributed by atoms with E-state index in [1.54, 1.807) is 0 Å². The van der Waals surface area contributed by atoms with Crippen LogP contribution in [0.1, 0.15) is 31.4 Å². The highest BCUT2D eigenvalue weighted by Crippen LogP contribution is 2.21. The van der Waals surface area contributed by atoms with E-state index in [0.29, 0.717) is 12.6 Å². The van der Waals surface area contributed by atoms with E-state index < -0.39 is 5.97 Å². The lowest BCUT2D eigenvalue weighted by atomic mass is 10.1. The van der Waals surface area contributed by atoms with Crippen molar-refractivity contribution in [2.24, 2.45) is 0 Å². The van der Waals surface area contributed by atoms with Gasteiger partial charge in [-0.1, -0.05) is 28.1 Å². The van der Waals surface area contributed by atoms with Crippen molar-refractivity contribution in [3.63, 3.8) is 0 Å². The van der Waals surface area contributed by atoms with Crippen LogP contribution in [0.25, 0.3) is 0 Å². The molecule has 0 unspecified atom stereocenters. The number of hydrogen-bond acceptors (Lipinski definition) is 2. The van der Waals surface area contributed by atoms with Gasteiger partial charge in [-0.05, 0) is 38.0 Å². The zero-order valence-corrected chi connectivity index (χ0v) is 12.7. The first-order chi connectivity index (χ1) is 8.40. The highest BCUT2D eigenvalue weighted by atomic mass is 79.9. The first kappa shape index (κ1) is 15.2. The van der Waals surface area contributed by atoms with Crippen molar-refractivity contribution in [2.75, 3.05) is 6.54 Å². The minimum Gasteiger partial charge on any atom is -0.481 e. The quantitative estimate of drug-likeness (QED) is 0.874. The number of carboxylic acid groups (broad SMARTS) is 1. The van der Waals surface area contributed by atoms with Crippen molar-refractivity contribution < 1.29 is 9.90 Å². The van der Waals surface area contributed by atoms with Crippen LogP contribution in [-0.2, 0) is 11.3 Å². The summed E-state index contributed by atoms with van der Waals surface area (Å²) in [6.45, 7) is 7.58. The van der Waals surface area contributed by atoms with E-state index in [-0.39, 0.29) is 6.42 Å². The lowest BCUT2D eigenvalue weighted by molar-refractivity contribution is -0.137. The third-order valence-electron chi connectivity index (χ3n) is 2.93. The molecule has 0 aliphatic carbocycles. The summed E-state index contributed by atoms with van der Waals surface area (Å²) in [6.07, 6.45) is 0.182. The molecule has 0 saturated heterocycles. The molecule has 0 amide bonds. The number of carboxylic acids is 1. The molecule has 0 atom stereocenters. The van der Waals surface area contributed by atoms with Crippen molar-refractivity contribution in [2.45, 2.75) is 39.8 Å². The number of carbonyl (C=O) groups is 1. The van der Waals surface area contributed by atoms with Gasteiger partial charge < -0.3 is 5.11 Å². The maximum Gasteiger partial charge on any atom is 0.304 e. The maximum atomic E-state index is 10.7. The molecular weight excluding hydrogens is 294 g/mol. The van der Waals surface area contributed by atoms with Gasteiger partial charge in [0.15, 0.2) is 0 Å². The Morgan fingerprint density at radius 2 is 2.11 bits per heavy atom. The van der Waals surface area contributed by atoms with Crippen molar-refractivity contribution in [3.05, 3.63) is 33.8 Å². The van der Waals surface area contributed by atoms with Crippen LogP contribution in [0.5, 0.6) is 0 Å². The zero-order valence-electron chi connectivity index (χ0n) is 11.1. The zero-order chi connectivity index (χ0) is 13.7. The average Bonchev–Trinajstić information content (AvgIpc) is 2.26. The van der Waals surface area contributed by atoms with Crippen molar-refractivity contribution in [1.82, 2.24) is 4.90 Å². The van der Waals surface area contributed by atoms with Crippen LogP contribution in [-0.4, -0.2) is 28.6 Å². The summed E-state index contributed by atoms with van der Waals surface area (Å²) in [6, 6.07) is 6.59. The summed E-state index contributed by atoms with van der Waals surface area (Å²) in [5.74, 6) is -0.747. The smallest absolute Gasteiger partial charge is 0.304 e. The fourth-order valence-corrected chi connectivity index (χ4v) is 2.38. The monoisotopic (exact) mass is 313 g/mol. The van der Waals surface area contributed by atoms with Crippen LogP contribution >= 0.6 is 15.9 Å². The lowest BCUT2D eigenvalue weighted by Gasteiger charge is -2.26. The molecule has 1 rings (SSSR count). The summed E-state index contributed by atoms with van der Waals surface area (Å²) >= 11 is 3.56. The second kappa shape index (κ2) is 6.90. The number of halogens is 1. The van der Waals surface area contributed by atoms with Crippen LogP contribution in [0, 0.1) is 6.92 Å². The largest absolute Gasteiger partial charge is 0.481 e. The van der Waals surface area contributed by atoms with E-state index in [1.165, 1.54) is 11.1 Å². The van der Waals surface area contributed by atoms with E-state index in [1.807, 2.05) is 0 Å². The normalized spacial score (nSPS) is 11.2. The highest BCUT2D eigenvalue weighted by molar-refractivity contribution is 9.10. The van der Waals surface area contributed by atoms with Crippen LogP contribution in [0.15, 0.2) is 22.7 Å². The van der Waals surface area contributed by atoms with Gasteiger partial charge in [-0.3, -0.25) is 9.69 Å².